The van der Waals surface area contributed by atoms with E-state index in [0.29, 0.717) is 35.5 Å². The van der Waals surface area contributed by atoms with E-state index < -0.39 is 5.41 Å². The predicted molar refractivity (Wildman–Crippen MR) is 94.6 cm³/mol. The van der Waals surface area contributed by atoms with Gasteiger partial charge in [-0.3, -0.25) is 9.59 Å². The van der Waals surface area contributed by atoms with Crippen molar-refractivity contribution < 1.29 is 9.59 Å². The van der Waals surface area contributed by atoms with Crippen LogP contribution in [-0.4, -0.2) is 11.8 Å². The molecule has 1 aromatic rings. The molecule has 4 bridgehead atoms. The Morgan fingerprint density at radius 3 is 2.52 bits per heavy atom. The molecule has 3 heteroatoms. The van der Waals surface area contributed by atoms with Gasteiger partial charge in [0.15, 0.2) is 0 Å². The highest BCUT2D eigenvalue weighted by Crippen LogP contribution is 2.74. The topological polar surface area (TPSA) is 37.4 Å². The summed E-state index contributed by atoms with van der Waals surface area (Å²) in [7, 11) is 0. The second kappa shape index (κ2) is 4.25. The van der Waals surface area contributed by atoms with Crippen LogP contribution in [0.2, 0.25) is 0 Å². The summed E-state index contributed by atoms with van der Waals surface area (Å²) in [5.74, 6) is 3.42. The number of imide groups is 1. The highest BCUT2D eigenvalue weighted by Gasteiger charge is 2.76. The minimum Gasteiger partial charge on any atom is -0.274 e. The van der Waals surface area contributed by atoms with Gasteiger partial charge in [-0.05, 0) is 73.8 Å². The zero-order valence-electron chi connectivity index (χ0n) is 14.7. The first kappa shape index (κ1) is 14.3. The highest BCUT2D eigenvalue weighted by atomic mass is 16.2. The van der Waals surface area contributed by atoms with Crippen LogP contribution in [-0.2, 0) is 9.59 Å². The monoisotopic (exact) mass is 333 g/mol. The van der Waals surface area contributed by atoms with Gasteiger partial charge in [0, 0.05) is 0 Å². The Morgan fingerprint density at radius 2 is 1.76 bits per heavy atom. The number of rotatable bonds is 1. The molecule has 1 heterocycles. The van der Waals surface area contributed by atoms with Crippen molar-refractivity contribution in [1.29, 1.82) is 0 Å². The van der Waals surface area contributed by atoms with Crippen molar-refractivity contribution in [3.05, 3.63) is 42.0 Å². The number of aryl methyl sites for hydroxylation is 1. The molecule has 3 saturated carbocycles. The Kier molecular flexibility index (Phi) is 2.43. The van der Waals surface area contributed by atoms with E-state index in [1.165, 1.54) is 11.3 Å². The molecule has 6 rings (SSSR count). The van der Waals surface area contributed by atoms with Crippen LogP contribution in [0.3, 0.4) is 0 Å². The van der Waals surface area contributed by atoms with Gasteiger partial charge in [-0.25, -0.2) is 4.90 Å². The molecule has 1 saturated heterocycles. The number of anilines is 1. The molecule has 25 heavy (non-hydrogen) atoms. The molecule has 128 valence electrons. The maximum Gasteiger partial charge on any atom is 0.240 e. The first-order valence-corrected chi connectivity index (χ1v) is 9.66. The van der Waals surface area contributed by atoms with Crippen LogP contribution in [0.15, 0.2) is 36.4 Å². The molecule has 1 aromatic carbocycles. The number of benzene rings is 1. The summed E-state index contributed by atoms with van der Waals surface area (Å²) in [6.45, 7) is 4.09. The van der Waals surface area contributed by atoms with Crippen LogP contribution < -0.4 is 4.90 Å². The Labute approximate surface area is 148 Å². The van der Waals surface area contributed by atoms with Crippen molar-refractivity contribution in [3.8, 4) is 0 Å². The summed E-state index contributed by atoms with van der Waals surface area (Å²) in [5.41, 5.74) is 1.31. The number of hydrogen-bond donors (Lipinski definition) is 0. The lowest BCUT2D eigenvalue weighted by molar-refractivity contribution is -0.132. The number of nitrogens with zero attached hydrogens (tertiary/aromatic N) is 1. The summed E-state index contributed by atoms with van der Waals surface area (Å²) in [6, 6.07) is 7.79. The minimum atomic E-state index is -0.483. The average molecular weight is 333 g/mol. The molecule has 2 amide bonds. The van der Waals surface area contributed by atoms with Crippen LogP contribution >= 0.6 is 0 Å². The van der Waals surface area contributed by atoms with Crippen molar-refractivity contribution in [2.75, 3.05) is 4.90 Å². The second-order valence-corrected chi connectivity index (χ2v) is 9.13. The zero-order valence-corrected chi connectivity index (χ0v) is 14.7. The summed E-state index contributed by atoms with van der Waals surface area (Å²) in [5, 5.41) is 0. The third-order valence-corrected chi connectivity index (χ3v) is 8.42. The van der Waals surface area contributed by atoms with Crippen LogP contribution in [0.4, 0.5) is 5.69 Å². The maximum atomic E-state index is 13.5. The van der Waals surface area contributed by atoms with Crippen molar-refractivity contribution in [3.63, 3.8) is 0 Å². The second-order valence-electron chi connectivity index (χ2n) is 9.13. The van der Waals surface area contributed by atoms with Gasteiger partial charge >= 0.3 is 0 Å². The fourth-order valence-corrected chi connectivity index (χ4v) is 7.61. The zero-order chi connectivity index (χ0) is 17.1. The van der Waals surface area contributed by atoms with E-state index in [-0.39, 0.29) is 17.7 Å². The third kappa shape index (κ3) is 1.39. The van der Waals surface area contributed by atoms with Crippen LogP contribution in [0.25, 0.3) is 0 Å². The molecule has 8 atom stereocenters. The molecule has 0 aromatic heterocycles. The smallest absolute Gasteiger partial charge is 0.240 e. The van der Waals surface area contributed by atoms with Gasteiger partial charge in [0.25, 0.3) is 0 Å². The predicted octanol–water partition coefficient (Wildman–Crippen LogP) is 3.58. The molecule has 3 nitrogen and oxygen atoms in total. The van der Waals surface area contributed by atoms with Gasteiger partial charge in [-0.1, -0.05) is 30.4 Å². The molecule has 0 radical (unpaired) electrons. The summed E-state index contributed by atoms with van der Waals surface area (Å²) in [6.07, 6.45) is 7.13. The summed E-state index contributed by atoms with van der Waals surface area (Å²) in [4.78, 5) is 28.5. The molecule has 4 fully saturated rings. The Balaban J connectivity index is 1.48. The van der Waals surface area contributed by atoms with Gasteiger partial charge in [-0.2, -0.15) is 0 Å². The normalized spacial score (nSPS) is 48.6. The van der Waals surface area contributed by atoms with E-state index in [1.54, 1.807) is 0 Å². The molecular weight excluding hydrogens is 310 g/mol. The fourth-order valence-electron chi connectivity index (χ4n) is 7.61. The van der Waals surface area contributed by atoms with Gasteiger partial charge in [0.2, 0.25) is 11.8 Å². The van der Waals surface area contributed by atoms with E-state index in [2.05, 4.69) is 19.1 Å². The van der Waals surface area contributed by atoms with Crippen molar-refractivity contribution in [1.82, 2.24) is 0 Å². The van der Waals surface area contributed by atoms with E-state index in [4.69, 9.17) is 0 Å². The number of fused-ring (bicyclic) bond motifs is 12. The number of allylic oxidation sites excluding steroid dienone is 2. The average Bonchev–Trinajstić information content (AvgIpc) is 3.35. The fraction of sp³-hybridized carbons (Fsp3) is 0.545. The molecule has 1 aliphatic heterocycles. The molecule has 0 spiro atoms. The van der Waals surface area contributed by atoms with E-state index in [9.17, 15) is 9.59 Å². The first-order chi connectivity index (χ1) is 12.0. The van der Waals surface area contributed by atoms with E-state index >= 15 is 0 Å². The Hall–Kier alpha value is -1.90. The standard InChI is InChI=1S/C22H23NO2/c1-11-5-3-4-6-16(11)23-20(24)19-14-10-15(22(19,2)21(23)25)18-13-8-7-12(9-13)17(14)18/h3-8,12-15,17-19H,9-10H2,1-2H3. The Morgan fingerprint density at radius 1 is 1.04 bits per heavy atom. The maximum absolute atomic E-state index is 13.5. The van der Waals surface area contributed by atoms with E-state index in [1.807, 2.05) is 31.2 Å². The molecular formula is C22H23NO2. The van der Waals surface area contributed by atoms with Gasteiger partial charge in [0.1, 0.15) is 0 Å². The number of hydrogen-bond acceptors (Lipinski definition) is 2. The molecule has 8 unspecified atom stereocenters. The summed E-state index contributed by atoms with van der Waals surface area (Å²) >= 11 is 0. The van der Waals surface area contributed by atoms with Gasteiger partial charge < -0.3 is 0 Å². The van der Waals surface area contributed by atoms with Crippen molar-refractivity contribution in [2.45, 2.75) is 26.7 Å². The number of amides is 2. The van der Waals surface area contributed by atoms with Gasteiger partial charge in [-0.15, -0.1) is 0 Å². The third-order valence-electron chi connectivity index (χ3n) is 8.42. The lowest BCUT2D eigenvalue weighted by Gasteiger charge is -2.42. The highest BCUT2D eigenvalue weighted by molar-refractivity contribution is 6.24. The number of para-hydroxylation sites is 1. The molecule has 5 aliphatic rings. The quantitative estimate of drug-likeness (QED) is 0.447. The minimum absolute atomic E-state index is 0.0644. The summed E-state index contributed by atoms with van der Waals surface area (Å²) < 4.78 is 0. The van der Waals surface area contributed by atoms with Crippen molar-refractivity contribution >= 4 is 17.5 Å². The molecule has 0 N–H and O–H groups in total. The van der Waals surface area contributed by atoms with Crippen LogP contribution in [0, 0.1) is 53.8 Å². The lowest BCUT2D eigenvalue weighted by atomic mass is 9.59. The lowest BCUT2D eigenvalue weighted by Crippen LogP contribution is -2.45. The number of carbonyl (C=O) groups is 2. The first-order valence-electron chi connectivity index (χ1n) is 9.66. The largest absolute Gasteiger partial charge is 0.274 e. The van der Waals surface area contributed by atoms with Crippen molar-refractivity contribution in [2.24, 2.45) is 46.8 Å². The van der Waals surface area contributed by atoms with E-state index in [0.717, 1.165) is 17.7 Å². The number of carbonyl (C=O) groups excluding carboxylic acids is 2. The SMILES string of the molecule is Cc1ccccc1N1C(=O)C2C3CC(C4C5C=CC(C5)C34)C2(C)C1=O. The Bertz CT molecular complexity index is 857. The molecule has 4 aliphatic carbocycles. The van der Waals surface area contributed by atoms with Gasteiger partial charge in [0.05, 0.1) is 17.0 Å². The van der Waals surface area contributed by atoms with Crippen LogP contribution in [0.1, 0.15) is 25.3 Å². The van der Waals surface area contributed by atoms with Crippen LogP contribution in [0.5, 0.6) is 0 Å².